The van der Waals surface area contributed by atoms with Crippen molar-refractivity contribution in [2.24, 2.45) is 0 Å². The number of amides is 1. The topological polar surface area (TPSA) is 87.0 Å². The molecule has 2 aromatic rings. The van der Waals surface area contributed by atoms with E-state index in [-0.39, 0.29) is 11.0 Å². The molecule has 1 aromatic carbocycles. The van der Waals surface area contributed by atoms with Crippen molar-refractivity contribution in [3.63, 3.8) is 0 Å². The molecule has 1 amide bonds. The average Bonchev–Trinajstić information content (AvgIpc) is 2.66. The number of rotatable bonds is 7. The highest BCUT2D eigenvalue weighted by Gasteiger charge is 2.09. The Labute approximate surface area is 158 Å². The van der Waals surface area contributed by atoms with Crippen molar-refractivity contribution in [3.05, 3.63) is 53.9 Å². The fourth-order valence-corrected chi connectivity index (χ4v) is 2.40. The fraction of sp³-hybridized carbons (Fsp3) is 0.263. The Kier molecular flexibility index (Phi) is 7.52. The van der Waals surface area contributed by atoms with Crippen LogP contribution in [-0.4, -0.2) is 22.6 Å². The number of hydrogen-bond acceptors (Lipinski definition) is 5. The van der Waals surface area contributed by atoms with Crippen LogP contribution in [0, 0.1) is 11.3 Å². The van der Waals surface area contributed by atoms with E-state index in [0.29, 0.717) is 29.2 Å². The van der Waals surface area contributed by atoms with Crippen LogP contribution in [0.1, 0.15) is 42.1 Å². The molecule has 2 rings (SSSR count). The van der Waals surface area contributed by atoms with Gasteiger partial charge in [0, 0.05) is 18.1 Å². The molecule has 0 saturated heterocycles. The predicted molar refractivity (Wildman–Crippen MR) is 104 cm³/mol. The molecule has 0 spiro atoms. The van der Waals surface area contributed by atoms with E-state index >= 15 is 0 Å². The Balaban J connectivity index is 1.95. The van der Waals surface area contributed by atoms with E-state index in [0.717, 1.165) is 19.3 Å². The number of anilines is 1. The molecule has 2 N–H and O–H groups in total. The minimum atomic E-state index is -0.355. The van der Waals surface area contributed by atoms with Gasteiger partial charge in [-0.15, -0.1) is 0 Å². The van der Waals surface area contributed by atoms with Crippen LogP contribution < -0.4 is 15.4 Å². The molecule has 6 nitrogen and oxygen atoms in total. The molecule has 0 unspecified atom stereocenters. The van der Waals surface area contributed by atoms with Crippen molar-refractivity contribution in [1.82, 2.24) is 10.3 Å². The van der Waals surface area contributed by atoms with E-state index in [1.54, 1.807) is 36.5 Å². The Morgan fingerprint density at radius 1 is 1.35 bits per heavy atom. The summed E-state index contributed by atoms with van der Waals surface area (Å²) in [5.41, 5.74) is 1.41. The zero-order valence-electron chi connectivity index (χ0n) is 14.5. The van der Waals surface area contributed by atoms with Gasteiger partial charge in [0.1, 0.15) is 11.8 Å². The molecule has 0 aliphatic heterocycles. The van der Waals surface area contributed by atoms with Crippen molar-refractivity contribution in [1.29, 1.82) is 5.26 Å². The Hall–Kier alpha value is -2.98. The summed E-state index contributed by atoms with van der Waals surface area (Å²) in [7, 11) is 0. The second kappa shape index (κ2) is 10.1. The zero-order chi connectivity index (χ0) is 18.8. The number of nitrogens with one attached hydrogen (secondary N) is 2. The smallest absolute Gasteiger partial charge is 0.258 e. The highest BCUT2D eigenvalue weighted by atomic mass is 32.1. The summed E-state index contributed by atoms with van der Waals surface area (Å²) in [6.07, 6.45) is 6.19. The van der Waals surface area contributed by atoms with Gasteiger partial charge in [-0.2, -0.15) is 5.26 Å². The van der Waals surface area contributed by atoms with Gasteiger partial charge in [-0.05, 0) is 49.0 Å². The van der Waals surface area contributed by atoms with E-state index in [4.69, 9.17) is 17.0 Å². The number of nitriles is 1. The van der Waals surface area contributed by atoms with E-state index < -0.39 is 0 Å². The SMILES string of the molecule is CCCCCOc1ccc(NC(=S)NC(=O)c2cccnc2)cc1C#N. The lowest BCUT2D eigenvalue weighted by Crippen LogP contribution is -2.34. The van der Waals surface area contributed by atoms with Crippen LogP contribution in [0.3, 0.4) is 0 Å². The van der Waals surface area contributed by atoms with Crippen molar-refractivity contribution in [2.75, 3.05) is 11.9 Å². The fourth-order valence-electron chi connectivity index (χ4n) is 2.19. The maximum absolute atomic E-state index is 12.0. The van der Waals surface area contributed by atoms with Gasteiger partial charge < -0.3 is 10.1 Å². The molecular formula is C19H20N4O2S. The summed E-state index contributed by atoms with van der Waals surface area (Å²) in [6.45, 7) is 2.70. The van der Waals surface area contributed by atoms with E-state index in [1.807, 2.05) is 0 Å². The van der Waals surface area contributed by atoms with Crippen molar-refractivity contribution in [2.45, 2.75) is 26.2 Å². The molecular weight excluding hydrogens is 348 g/mol. The molecule has 134 valence electrons. The second-order valence-corrected chi connectivity index (χ2v) is 5.94. The molecule has 0 aliphatic rings. The third kappa shape index (κ3) is 5.83. The largest absolute Gasteiger partial charge is 0.492 e. The monoisotopic (exact) mass is 368 g/mol. The molecule has 26 heavy (non-hydrogen) atoms. The number of unbranched alkanes of at least 4 members (excludes halogenated alkanes) is 2. The molecule has 0 radical (unpaired) electrons. The van der Waals surface area contributed by atoms with Gasteiger partial charge in [0.25, 0.3) is 5.91 Å². The lowest BCUT2D eigenvalue weighted by molar-refractivity contribution is 0.0977. The summed E-state index contributed by atoms with van der Waals surface area (Å²) in [5, 5.41) is 14.9. The number of pyridine rings is 1. The first kappa shape index (κ1) is 19.3. The number of benzene rings is 1. The van der Waals surface area contributed by atoms with E-state index in [2.05, 4.69) is 28.6 Å². The highest BCUT2D eigenvalue weighted by molar-refractivity contribution is 7.80. The zero-order valence-corrected chi connectivity index (χ0v) is 15.3. The predicted octanol–water partition coefficient (Wildman–Crippen LogP) is 3.65. The molecule has 0 saturated carbocycles. The standard InChI is InChI=1S/C19H20N4O2S/c1-2-3-4-10-25-17-8-7-16(11-15(17)12-20)22-19(26)23-18(24)14-6-5-9-21-13-14/h5-9,11,13H,2-4,10H2,1H3,(H2,22,23,24,26). The van der Waals surface area contributed by atoms with Crippen LogP contribution in [0.5, 0.6) is 5.75 Å². The van der Waals surface area contributed by atoms with Crippen molar-refractivity contribution < 1.29 is 9.53 Å². The third-order valence-electron chi connectivity index (χ3n) is 3.51. The average molecular weight is 368 g/mol. The van der Waals surface area contributed by atoms with Gasteiger partial charge in [0.2, 0.25) is 0 Å². The number of aromatic nitrogens is 1. The van der Waals surface area contributed by atoms with Gasteiger partial charge in [-0.3, -0.25) is 15.1 Å². The summed E-state index contributed by atoms with van der Waals surface area (Å²) in [6, 6.07) is 10.5. The maximum Gasteiger partial charge on any atom is 0.258 e. The highest BCUT2D eigenvalue weighted by Crippen LogP contribution is 2.22. The van der Waals surface area contributed by atoms with E-state index in [1.165, 1.54) is 6.20 Å². The van der Waals surface area contributed by atoms with Crippen LogP contribution in [0.2, 0.25) is 0 Å². The first-order valence-electron chi connectivity index (χ1n) is 8.33. The molecule has 0 aliphatic carbocycles. The van der Waals surface area contributed by atoms with Crippen LogP contribution in [0.15, 0.2) is 42.7 Å². The summed E-state index contributed by atoms with van der Waals surface area (Å²) >= 11 is 5.15. The number of ether oxygens (including phenoxy) is 1. The minimum absolute atomic E-state index is 0.138. The Morgan fingerprint density at radius 3 is 2.88 bits per heavy atom. The van der Waals surface area contributed by atoms with Gasteiger partial charge in [0.15, 0.2) is 5.11 Å². The normalized spacial score (nSPS) is 9.85. The number of nitrogens with zero attached hydrogens (tertiary/aromatic N) is 2. The van der Waals surface area contributed by atoms with Crippen molar-refractivity contribution >= 4 is 28.9 Å². The summed E-state index contributed by atoms with van der Waals surface area (Å²) < 4.78 is 5.65. The van der Waals surface area contributed by atoms with Gasteiger partial charge >= 0.3 is 0 Å². The minimum Gasteiger partial charge on any atom is -0.492 e. The molecule has 1 heterocycles. The van der Waals surface area contributed by atoms with Crippen molar-refractivity contribution in [3.8, 4) is 11.8 Å². The molecule has 0 bridgehead atoms. The number of carbonyl (C=O) groups excluding carboxylic acids is 1. The van der Waals surface area contributed by atoms with Gasteiger partial charge in [-0.25, -0.2) is 0 Å². The van der Waals surface area contributed by atoms with Gasteiger partial charge in [-0.1, -0.05) is 19.8 Å². The Bertz CT molecular complexity index is 803. The van der Waals surface area contributed by atoms with Crippen LogP contribution in [0.25, 0.3) is 0 Å². The second-order valence-electron chi connectivity index (χ2n) is 5.53. The molecule has 7 heteroatoms. The summed E-state index contributed by atoms with van der Waals surface area (Å²) in [5.74, 6) is 0.187. The van der Waals surface area contributed by atoms with Crippen LogP contribution >= 0.6 is 12.2 Å². The van der Waals surface area contributed by atoms with Crippen LogP contribution in [-0.2, 0) is 0 Å². The van der Waals surface area contributed by atoms with E-state index in [9.17, 15) is 10.1 Å². The lowest BCUT2D eigenvalue weighted by atomic mass is 10.2. The molecule has 1 aromatic heterocycles. The lowest BCUT2D eigenvalue weighted by Gasteiger charge is -2.12. The maximum atomic E-state index is 12.0. The van der Waals surface area contributed by atoms with Gasteiger partial charge in [0.05, 0.1) is 17.7 Å². The number of hydrogen-bond donors (Lipinski definition) is 2. The molecule has 0 atom stereocenters. The number of thiocarbonyl (C=S) groups is 1. The first-order chi connectivity index (χ1) is 12.6. The summed E-state index contributed by atoms with van der Waals surface area (Å²) in [4.78, 5) is 15.9. The van der Waals surface area contributed by atoms with Crippen LogP contribution in [0.4, 0.5) is 5.69 Å². The number of carbonyl (C=O) groups is 1. The quantitative estimate of drug-likeness (QED) is 0.573. The molecule has 0 fully saturated rings. The first-order valence-corrected chi connectivity index (χ1v) is 8.74. The Morgan fingerprint density at radius 2 is 2.19 bits per heavy atom. The third-order valence-corrected chi connectivity index (χ3v) is 3.72.